The lowest BCUT2D eigenvalue weighted by molar-refractivity contribution is -0.132. The van der Waals surface area contributed by atoms with Crippen LogP contribution in [0, 0.1) is 5.92 Å². The van der Waals surface area contributed by atoms with Gasteiger partial charge in [0, 0.05) is 58.5 Å². The van der Waals surface area contributed by atoms with Gasteiger partial charge in [-0.15, -0.1) is 24.0 Å². The van der Waals surface area contributed by atoms with Gasteiger partial charge in [0.25, 0.3) is 0 Å². The molecule has 0 aliphatic carbocycles. The van der Waals surface area contributed by atoms with Gasteiger partial charge in [-0.25, -0.2) is 0 Å². The topological polar surface area (TPSA) is 75.0 Å². The van der Waals surface area contributed by atoms with Crippen molar-refractivity contribution < 1.29 is 9.53 Å². The standard InChI is InChI=1S/C19H32N6O2.HI/c1-15-5-4-8-24(12-15)18(26)6-7-21-19(20-2)25-9-10-27-17(14-25)16-11-22-23(3)13-16;/h11,13,15,17H,4-10,12,14H2,1-3H3,(H,20,21);1H. The van der Waals surface area contributed by atoms with Crippen LogP contribution in [0.4, 0.5) is 0 Å². The van der Waals surface area contributed by atoms with Gasteiger partial charge in [0.05, 0.1) is 19.3 Å². The average Bonchev–Trinajstić information content (AvgIpc) is 3.11. The summed E-state index contributed by atoms with van der Waals surface area (Å²) in [6, 6.07) is 0. The van der Waals surface area contributed by atoms with Gasteiger partial charge in [-0.1, -0.05) is 6.92 Å². The number of ether oxygens (including phenoxy) is 1. The maximum atomic E-state index is 12.4. The van der Waals surface area contributed by atoms with Crippen LogP contribution in [0.3, 0.4) is 0 Å². The molecule has 3 rings (SSSR count). The van der Waals surface area contributed by atoms with E-state index in [0.29, 0.717) is 25.5 Å². The van der Waals surface area contributed by atoms with Crippen molar-refractivity contribution in [3.63, 3.8) is 0 Å². The van der Waals surface area contributed by atoms with Crippen molar-refractivity contribution in [3.05, 3.63) is 18.0 Å². The number of amides is 1. The number of aryl methyl sites for hydroxylation is 1. The molecule has 1 N–H and O–H groups in total. The highest BCUT2D eigenvalue weighted by Gasteiger charge is 2.25. The summed E-state index contributed by atoms with van der Waals surface area (Å²) in [5, 5.41) is 7.58. The monoisotopic (exact) mass is 504 g/mol. The third kappa shape index (κ3) is 6.07. The molecule has 2 unspecified atom stereocenters. The van der Waals surface area contributed by atoms with E-state index in [1.165, 1.54) is 6.42 Å². The Kier molecular flexibility index (Phi) is 9.00. The summed E-state index contributed by atoms with van der Waals surface area (Å²) < 4.78 is 7.69. The Balaban J connectivity index is 0.00000280. The van der Waals surface area contributed by atoms with Crippen molar-refractivity contribution in [2.75, 3.05) is 46.4 Å². The second-order valence-corrected chi connectivity index (χ2v) is 7.56. The molecule has 0 aromatic carbocycles. The van der Waals surface area contributed by atoms with Crippen molar-refractivity contribution in [1.82, 2.24) is 24.9 Å². The number of morpholine rings is 1. The summed E-state index contributed by atoms with van der Waals surface area (Å²) in [6.45, 7) is 6.77. The predicted molar refractivity (Wildman–Crippen MR) is 120 cm³/mol. The van der Waals surface area contributed by atoms with Crippen molar-refractivity contribution in [2.24, 2.45) is 18.0 Å². The first-order valence-corrected chi connectivity index (χ1v) is 9.90. The molecule has 2 atom stereocenters. The lowest BCUT2D eigenvalue weighted by atomic mass is 10.00. The Bertz CT molecular complexity index is 665. The smallest absolute Gasteiger partial charge is 0.224 e. The molecule has 0 radical (unpaired) electrons. The van der Waals surface area contributed by atoms with Gasteiger partial charge in [0.1, 0.15) is 6.10 Å². The molecule has 0 saturated carbocycles. The van der Waals surface area contributed by atoms with E-state index >= 15 is 0 Å². The molecule has 3 heterocycles. The first kappa shape index (κ1) is 22.9. The van der Waals surface area contributed by atoms with Crippen LogP contribution in [0.25, 0.3) is 0 Å². The highest BCUT2D eigenvalue weighted by atomic mass is 127. The molecule has 2 saturated heterocycles. The van der Waals surface area contributed by atoms with E-state index in [9.17, 15) is 4.79 Å². The minimum absolute atomic E-state index is 0. The van der Waals surface area contributed by atoms with E-state index in [1.807, 2.05) is 24.3 Å². The number of nitrogens with one attached hydrogen (secondary N) is 1. The number of aromatic nitrogens is 2. The number of hydrogen-bond acceptors (Lipinski definition) is 4. The number of likely N-dealkylation sites (tertiary alicyclic amines) is 1. The van der Waals surface area contributed by atoms with Crippen molar-refractivity contribution in [2.45, 2.75) is 32.3 Å². The number of carbonyl (C=O) groups is 1. The maximum Gasteiger partial charge on any atom is 0.224 e. The number of halogens is 1. The van der Waals surface area contributed by atoms with Crippen LogP contribution in [-0.2, 0) is 16.6 Å². The number of guanidine groups is 1. The van der Waals surface area contributed by atoms with Crippen LogP contribution in [0.2, 0.25) is 0 Å². The average molecular weight is 504 g/mol. The van der Waals surface area contributed by atoms with Crippen LogP contribution in [0.5, 0.6) is 0 Å². The SMILES string of the molecule is CN=C(NCCC(=O)N1CCCC(C)C1)N1CCOC(c2cnn(C)c2)C1.I. The molecule has 9 heteroatoms. The van der Waals surface area contributed by atoms with E-state index in [0.717, 1.165) is 44.1 Å². The summed E-state index contributed by atoms with van der Waals surface area (Å²) >= 11 is 0. The number of carbonyl (C=O) groups excluding carboxylic acids is 1. The van der Waals surface area contributed by atoms with Gasteiger partial charge >= 0.3 is 0 Å². The van der Waals surface area contributed by atoms with Crippen LogP contribution in [-0.4, -0.2) is 77.8 Å². The van der Waals surface area contributed by atoms with E-state index in [1.54, 1.807) is 11.7 Å². The van der Waals surface area contributed by atoms with Gasteiger partial charge in [0.2, 0.25) is 5.91 Å². The zero-order chi connectivity index (χ0) is 19.2. The lowest BCUT2D eigenvalue weighted by Gasteiger charge is -2.35. The Morgan fingerprint density at radius 2 is 2.18 bits per heavy atom. The molecule has 0 spiro atoms. The molecule has 2 fully saturated rings. The molecular formula is C19H33IN6O2. The fourth-order valence-corrected chi connectivity index (χ4v) is 3.84. The summed E-state index contributed by atoms with van der Waals surface area (Å²) in [6.07, 6.45) is 6.67. The molecular weight excluding hydrogens is 471 g/mol. The Hall–Kier alpha value is -1.36. The maximum absolute atomic E-state index is 12.4. The summed E-state index contributed by atoms with van der Waals surface area (Å²) in [7, 11) is 3.69. The number of rotatable bonds is 4. The third-order valence-corrected chi connectivity index (χ3v) is 5.31. The normalized spacial score (nSPS) is 23.3. The second kappa shape index (κ2) is 11.0. The third-order valence-electron chi connectivity index (χ3n) is 5.31. The summed E-state index contributed by atoms with van der Waals surface area (Å²) in [5.41, 5.74) is 1.08. The number of nitrogens with zero attached hydrogens (tertiary/aromatic N) is 5. The highest BCUT2D eigenvalue weighted by Crippen LogP contribution is 2.21. The van der Waals surface area contributed by atoms with E-state index in [-0.39, 0.29) is 36.0 Å². The molecule has 2 aliphatic rings. The summed E-state index contributed by atoms with van der Waals surface area (Å²) in [4.78, 5) is 21.0. The molecule has 28 heavy (non-hydrogen) atoms. The van der Waals surface area contributed by atoms with Crippen LogP contribution in [0.1, 0.15) is 37.9 Å². The minimum atomic E-state index is -0.0116. The van der Waals surface area contributed by atoms with Crippen molar-refractivity contribution in [1.29, 1.82) is 0 Å². The first-order valence-electron chi connectivity index (χ1n) is 9.90. The van der Waals surface area contributed by atoms with Crippen LogP contribution in [0.15, 0.2) is 17.4 Å². The Morgan fingerprint density at radius 1 is 1.36 bits per heavy atom. The van der Waals surface area contributed by atoms with E-state index in [4.69, 9.17) is 4.74 Å². The minimum Gasteiger partial charge on any atom is -0.370 e. The lowest BCUT2D eigenvalue weighted by Crippen LogP contribution is -2.49. The molecule has 2 aliphatic heterocycles. The van der Waals surface area contributed by atoms with Crippen molar-refractivity contribution in [3.8, 4) is 0 Å². The number of hydrogen-bond donors (Lipinski definition) is 1. The number of piperidine rings is 1. The van der Waals surface area contributed by atoms with Gasteiger partial charge in [0.15, 0.2) is 5.96 Å². The molecule has 1 aromatic heterocycles. The Labute approximate surface area is 184 Å². The molecule has 1 amide bonds. The van der Waals surface area contributed by atoms with Crippen LogP contribution >= 0.6 is 24.0 Å². The Morgan fingerprint density at radius 3 is 2.86 bits per heavy atom. The molecule has 0 bridgehead atoms. The van der Waals surface area contributed by atoms with Gasteiger partial charge in [-0.05, 0) is 18.8 Å². The molecule has 158 valence electrons. The van der Waals surface area contributed by atoms with Crippen LogP contribution < -0.4 is 5.32 Å². The second-order valence-electron chi connectivity index (χ2n) is 7.56. The predicted octanol–water partition coefficient (Wildman–Crippen LogP) is 1.64. The summed E-state index contributed by atoms with van der Waals surface area (Å²) in [5.74, 6) is 1.67. The molecule has 1 aromatic rings. The number of aliphatic imine (C=N–C) groups is 1. The molecule has 8 nitrogen and oxygen atoms in total. The zero-order valence-corrected chi connectivity index (χ0v) is 19.5. The van der Waals surface area contributed by atoms with Gasteiger partial charge in [-0.3, -0.25) is 14.5 Å². The zero-order valence-electron chi connectivity index (χ0n) is 17.1. The quantitative estimate of drug-likeness (QED) is 0.384. The van der Waals surface area contributed by atoms with E-state index < -0.39 is 0 Å². The first-order chi connectivity index (χ1) is 13.1. The van der Waals surface area contributed by atoms with Gasteiger partial charge < -0.3 is 19.9 Å². The van der Waals surface area contributed by atoms with Crippen molar-refractivity contribution >= 4 is 35.8 Å². The van der Waals surface area contributed by atoms with E-state index in [2.05, 4.69) is 27.2 Å². The van der Waals surface area contributed by atoms with Gasteiger partial charge in [-0.2, -0.15) is 5.10 Å². The largest absolute Gasteiger partial charge is 0.370 e. The fourth-order valence-electron chi connectivity index (χ4n) is 3.84. The highest BCUT2D eigenvalue weighted by molar-refractivity contribution is 14.0. The fraction of sp³-hybridized carbons (Fsp3) is 0.737.